The Bertz CT molecular complexity index is 1210. The molecular weight excluding hydrogens is 498 g/mol. The van der Waals surface area contributed by atoms with Crippen molar-refractivity contribution in [1.29, 1.82) is 0 Å². The van der Waals surface area contributed by atoms with Gasteiger partial charge in [0.25, 0.3) is 0 Å². The summed E-state index contributed by atoms with van der Waals surface area (Å²) in [5.74, 6) is -1.06. The molecule has 1 saturated carbocycles. The van der Waals surface area contributed by atoms with Gasteiger partial charge in [0.15, 0.2) is 0 Å². The van der Waals surface area contributed by atoms with E-state index in [0.29, 0.717) is 0 Å². The molecule has 2 amide bonds. The molecule has 1 saturated heterocycles. The number of carboxylic acids is 1. The average Bonchev–Trinajstić information content (AvgIpc) is 3.14. The van der Waals surface area contributed by atoms with Crippen LogP contribution < -0.4 is 5.32 Å². The standard InChI is InChI=1S/C30H37N3O6/c1-29(2,3)39-27(36)31-20-13-30(14-20,26(34)35)33(17-19-15-32(4)16-19)28(37)38-18-25-23-11-7-5-9-21(23)22-10-6-8-12-24(22)25/h5-12,19-20,25H,13-18H2,1-4H3,(H,31,36)(H,34,35). The molecule has 9 heteroatoms. The molecule has 2 fully saturated rings. The first-order valence-electron chi connectivity index (χ1n) is 13.5. The Balaban J connectivity index is 1.32. The van der Waals surface area contributed by atoms with Crippen molar-refractivity contribution in [2.75, 3.05) is 33.3 Å². The lowest BCUT2D eigenvalue weighted by Gasteiger charge is -2.52. The van der Waals surface area contributed by atoms with Crippen LogP contribution in [0.3, 0.4) is 0 Å². The van der Waals surface area contributed by atoms with E-state index < -0.39 is 35.3 Å². The van der Waals surface area contributed by atoms with E-state index >= 15 is 0 Å². The number of fused-ring (bicyclic) bond motifs is 3. The van der Waals surface area contributed by atoms with Crippen molar-refractivity contribution >= 4 is 18.2 Å². The Morgan fingerprint density at radius 1 is 1.03 bits per heavy atom. The third-order valence-electron chi connectivity index (χ3n) is 7.94. The van der Waals surface area contributed by atoms with Crippen LogP contribution in [-0.2, 0) is 14.3 Å². The summed E-state index contributed by atoms with van der Waals surface area (Å²) in [4.78, 5) is 42.1. The molecule has 1 aliphatic heterocycles. The first-order valence-corrected chi connectivity index (χ1v) is 13.5. The van der Waals surface area contributed by atoms with Crippen molar-refractivity contribution in [3.05, 3.63) is 59.7 Å². The summed E-state index contributed by atoms with van der Waals surface area (Å²) in [5.41, 5.74) is 2.33. The zero-order valence-corrected chi connectivity index (χ0v) is 23.0. The minimum Gasteiger partial charge on any atom is -0.479 e. The number of alkyl carbamates (subject to hydrolysis) is 1. The second-order valence-electron chi connectivity index (χ2n) is 12.1. The molecule has 0 spiro atoms. The normalized spacial score (nSPS) is 22.6. The molecule has 5 rings (SSSR count). The van der Waals surface area contributed by atoms with Gasteiger partial charge in [0.2, 0.25) is 0 Å². The molecule has 0 unspecified atom stereocenters. The first-order chi connectivity index (χ1) is 18.5. The average molecular weight is 536 g/mol. The minimum atomic E-state index is -1.45. The summed E-state index contributed by atoms with van der Waals surface area (Å²) in [6.07, 6.45) is -1.05. The highest BCUT2D eigenvalue weighted by molar-refractivity contribution is 5.86. The molecule has 0 atom stereocenters. The van der Waals surface area contributed by atoms with E-state index in [1.54, 1.807) is 20.8 Å². The Labute approximate surface area is 229 Å². The van der Waals surface area contributed by atoms with Crippen molar-refractivity contribution < 1.29 is 29.0 Å². The number of carboxylic acid groups (broad SMARTS) is 1. The number of ether oxygens (including phenoxy) is 2. The Hall–Kier alpha value is -3.59. The van der Waals surface area contributed by atoms with Gasteiger partial charge in [-0.3, -0.25) is 4.90 Å². The van der Waals surface area contributed by atoms with Gasteiger partial charge in [-0.25, -0.2) is 14.4 Å². The van der Waals surface area contributed by atoms with E-state index in [0.717, 1.165) is 35.3 Å². The van der Waals surface area contributed by atoms with Crippen molar-refractivity contribution in [2.45, 2.75) is 56.7 Å². The van der Waals surface area contributed by atoms with Crippen molar-refractivity contribution in [2.24, 2.45) is 5.92 Å². The lowest BCUT2D eigenvalue weighted by Crippen LogP contribution is -2.70. The number of rotatable bonds is 7. The molecule has 0 bridgehead atoms. The SMILES string of the molecule is CN1CC(CN(C(=O)OCC2c3ccccc3-c3ccccc32)C2(C(=O)O)CC(NC(=O)OC(C)(C)C)C2)C1. The number of benzene rings is 2. The third-order valence-corrected chi connectivity index (χ3v) is 7.94. The summed E-state index contributed by atoms with van der Waals surface area (Å²) < 4.78 is 11.2. The van der Waals surface area contributed by atoms with Gasteiger partial charge >= 0.3 is 18.2 Å². The number of aliphatic carboxylic acids is 1. The Morgan fingerprint density at radius 3 is 2.10 bits per heavy atom. The second-order valence-corrected chi connectivity index (χ2v) is 12.1. The van der Waals surface area contributed by atoms with E-state index in [1.807, 2.05) is 43.4 Å². The Kier molecular flexibility index (Phi) is 7.05. The smallest absolute Gasteiger partial charge is 0.410 e. The van der Waals surface area contributed by atoms with Gasteiger partial charge in [-0.2, -0.15) is 0 Å². The predicted molar refractivity (Wildman–Crippen MR) is 146 cm³/mol. The van der Waals surface area contributed by atoms with E-state index in [1.165, 1.54) is 4.90 Å². The molecule has 208 valence electrons. The fourth-order valence-corrected chi connectivity index (χ4v) is 6.14. The molecule has 1 heterocycles. The van der Waals surface area contributed by atoms with E-state index in [9.17, 15) is 19.5 Å². The highest BCUT2D eigenvalue weighted by atomic mass is 16.6. The number of carbonyl (C=O) groups is 3. The van der Waals surface area contributed by atoms with Crippen LogP contribution in [0.25, 0.3) is 11.1 Å². The fourth-order valence-electron chi connectivity index (χ4n) is 6.14. The van der Waals surface area contributed by atoms with Crippen LogP contribution in [-0.4, -0.2) is 83.5 Å². The molecular formula is C30H37N3O6. The number of carbonyl (C=O) groups excluding carboxylic acids is 2. The van der Waals surface area contributed by atoms with Crippen LogP contribution in [0.1, 0.15) is 50.7 Å². The van der Waals surface area contributed by atoms with E-state index in [2.05, 4.69) is 22.3 Å². The summed E-state index contributed by atoms with van der Waals surface area (Å²) in [6, 6.07) is 15.8. The monoisotopic (exact) mass is 535 g/mol. The van der Waals surface area contributed by atoms with Gasteiger partial charge in [0, 0.05) is 50.4 Å². The molecule has 2 aliphatic carbocycles. The zero-order chi connectivity index (χ0) is 27.9. The van der Waals surface area contributed by atoms with Crippen LogP contribution in [0.15, 0.2) is 48.5 Å². The van der Waals surface area contributed by atoms with Crippen LogP contribution >= 0.6 is 0 Å². The van der Waals surface area contributed by atoms with Gasteiger partial charge in [-0.15, -0.1) is 0 Å². The molecule has 0 radical (unpaired) electrons. The maximum Gasteiger partial charge on any atom is 0.410 e. The summed E-state index contributed by atoms with van der Waals surface area (Å²) in [7, 11) is 1.99. The van der Waals surface area contributed by atoms with Crippen LogP contribution in [0.2, 0.25) is 0 Å². The molecule has 2 aromatic carbocycles. The first kappa shape index (κ1) is 27.0. The van der Waals surface area contributed by atoms with Gasteiger partial charge in [0.05, 0.1) is 0 Å². The van der Waals surface area contributed by atoms with Crippen LogP contribution in [0.5, 0.6) is 0 Å². The number of likely N-dealkylation sites (tertiary alicyclic amines) is 1. The number of amides is 2. The molecule has 0 aromatic heterocycles. The number of nitrogens with zero attached hydrogens (tertiary/aromatic N) is 2. The summed E-state index contributed by atoms with van der Waals surface area (Å²) in [6.45, 7) is 7.26. The maximum absolute atomic E-state index is 13.7. The minimum absolute atomic E-state index is 0.0916. The summed E-state index contributed by atoms with van der Waals surface area (Å²) in [5, 5.41) is 13.1. The lowest BCUT2D eigenvalue weighted by atomic mass is 9.71. The third kappa shape index (κ3) is 5.32. The molecule has 9 nitrogen and oxygen atoms in total. The highest BCUT2D eigenvalue weighted by Crippen LogP contribution is 2.45. The van der Waals surface area contributed by atoms with Gasteiger partial charge in [-0.05, 0) is 50.1 Å². The lowest BCUT2D eigenvalue weighted by molar-refractivity contribution is -0.160. The van der Waals surface area contributed by atoms with E-state index in [-0.39, 0.29) is 37.8 Å². The quantitative estimate of drug-likeness (QED) is 0.544. The van der Waals surface area contributed by atoms with Crippen molar-refractivity contribution in [1.82, 2.24) is 15.1 Å². The number of hydrogen-bond acceptors (Lipinski definition) is 6. The molecule has 39 heavy (non-hydrogen) atoms. The molecule has 2 N–H and O–H groups in total. The number of hydrogen-bond donors (Lipinski definition) is 2. The molecule has 3 aliphatic rings. The fraction of sp³-hybridized carbons (Fsp3) is 0.500. The van der Waals surface area contributed by atoms with Gasteiger partial charge in [-0.1, -0.05) is 48.5 Å². The van der Waals surface area contributed by atoms with Crippen molar-refractivity contribution in [3.8, 4) is 11.1 Å². The topological polar surface area (TPSA) is 108 Å². The summed E-state index contributed by atoms with van der Waals surface area (Å²) >= 11 is 0. The second kappa shape index (κ2) is 10.2. The largest absolute Gasteiger partial charge is 0.479 e. The van der Waals surface area contributed by atoms with Crippen LogP contribution in [0.4, 0.5) is 9.59 Å². The van der Waals surface area contributed by atoms with Crippen molar-refractivity contribution in [3.63, 3.8) is 0 Å². The van der Waals surface area contributed by atoms with Crippen LogP contribution in [0, 0.1) is 5.92 Å². The molecule has 2 aromatic rings. The van der Waals surface area contributed by atoms with Gasteiger partial charge < -0.3 is 24.8 Å². The van der Waals surface area contributed by atoms with Gasteiger partial charge in [0.1, 0.15) is 17.7 Å². The Morgan fingerprint density at radius 2 is 1.59 bits per heavy atom. The predicted octanol–water partition coefficient (Wildman–Crippen LogP) is 4.31. The van der Waals surface area contributed by atoms with E-state index in [4.69, 9.17) is 9.47 Å². The highest BCUT2D eigenvalue weighted by Gasteiger charge is 2.58. The maximum atomic E-state index is 13.7. The number of nitrogens with one attached hydrogen (secondary N) is 1. The zero-order valence-electron chi connectivity index (χ0n) is 23.0.